The lowest BCUT2D eigenvalue weighted by molar-refractivity contribution is -0.148. The first-order valence-corrected chi connectivity index (χ1v) is 9.60. The molecule has 2 atom stereocenters. The van der Waals surface area contributed by atoms with Crippen molar-refractivity contribution in [3.05, 3.63) is 71.3 Å². The number of carbonyl (C=O) groups is 1. The summed E-state index contributed by atoms with van der Waals surface area (Å²) in [5.41, 5.74) is 3.06. The van der Waals surface area contributed by atoms with Gasteiger partial charge in [0, 0.05) is 5.92 Å². The Morgan fingerprint density at radius 2 is 1.96 bits per heavy atom. The van der Waals surface area contributed by atoms with Crippen LogP contribution < -0.4 is 0 Å². The molecule has 2 unspecified atom stereocenters. The lowest BCUT2D eigenvalue weighted by atomic mass is 9.87. The molecule has 0 amide bonds. The van der Waals surface area contributed by atoms with Crippen molar-refractivity contribution in [3.63, 3.8) is 0 Å². The molecule has 1 heterocycles. The maximum Gasteiger partial charge on any atom is 0.323 e. The van der Waals surface area contributed by atoms with E-state index in [1.807, 2.05) is 24.3 Å². The van der Waals surface area contributed by atoms with E-state index >= 15 is 0 Å². The number of hydrogen-bond donors (Lipinski definition) is 0. The first-order chi connectivity index (χ1) is 13.2. The van der Waals surface area contributed by atoms with Crippen molar-refractivity contribution < 1.29 is 9.53 Å². The summed E-state index contributed by atoms with van der Waals surface area (Å²) >= 11 is 0. The minimum absolute atomic E-state index is 0.127. The van der Waals surface area contributed by atoms with E-state index < -0.39 is 0 Å². The van der Waals surface area contributed by atoms with E-state index in [9.17, 15) is 10.1 Å². The number of rotatable bonds is 6. The van der Waals surface area contributed by atoms with Crippen molar-refractivity contribution in [3.8, 4) is 6.07 Å². The zero-order valence-electron chi connectivity index (χ0n) is 15.8. The fourth-order valence-electron chi connectivity index (χ4n) is 3.99. The Hall–Kier alpha value is -2.64. The van der Waals surface area contributed by atoms with Gasteiger partial charge in [0.25, 0.3) is 0 Å². The lowest BCUT2D eigenvalue weighted by Gasteiger charge is -2.34. The average molecular weight is 362 g/mol. The van der Waals surface area contributed by atoms with E-state index in [1.165, 1.54) is 12.7 Å². The van der Waals surface area contributed by atoms with Crippen molar-refractivity contribution in [2.75, 3.05) is 20.2 Å². The van der Waals surface area contributed by atoms with Gasteiger partial charge in [-0.25, -0.2) is 0 Å². The molecule has 0 radical (unpaired) electrons. The second kappa shape index (κ2) is 9.34. The first-order valence-electron chi connectivity index (χ1n) is 9.60. The molecule has 1 saturated heterocycles. The van der Waals surface area contributed by atoms with Crippen LogP contribution in [0.3, 0.4) is 0 Å². The van der Waals surface area contributed by atoms with Crippen LogP contribution in [0.1, 0.15) is 48.3 Å². The first kappa shape index (κ1) is 19.1. The summed E-state index contributed by atoms with van der Waals surface area (Å²) in [5, 5.41) is 9.26. The second-order valence-electron chi connectivity index (χ2n) is 7.06. The van der Waals surface area contributed by atoms with Gasteiger partial charge in [0.2, 0.25) is 0 Å². The van der Waals surface area contributed by atoms with Gasteiger partial charge in [-0.05, 0) is 55.6 Å². The molecule has 4 nitrogen and oxygen atoms in total. The number of nitriles is 1. The maximum atomic E-state index is 12.1. The molecular weight excluding hydrogens is 336 g/mol. The number of piperidine rings is 1. The molecule has 0 aliphatic carbocycles. The third-order valence-corrected chi connectivity index (χ3v) is 5.41. The second-order valence-corrected chi connectivity index (χ2v) is 7.06. The van der Waals surface area contributed by atoms with E-state index in [4.69, 9.17) is 4.74 Å². The monoisotopic (exact) mass is 362 g/mol. The van der Waals surface area contributed by atoms with Crippen molar-refractivity contribution in [2.24, 2.45) is 0 Å². The summed E-state index contributed by atoms with van der Waals surface area (Å²) in [6, 6.07) is 20.3. The van der Waals surface area contributed by atoms with Gasteiger partial charge in [0.05, 0.1) is 18.7 Å². The number of methoxy groups -OCH3 is 1. The fraction of sp³-hybridized carbons (Fsp3) is 0.391. The summed E-state index contributed by atoms with van der Waals surface area (Å²) in [5.74, 6) is 0.0668. The van der Waals surface area contributed by atoms with Crippen LogP contribution in [0.2, 0.25) is 0 Å². The van der Waals surface area contributed by atoms with Gasteiger partial charge in [0.15, 0.2) is 0 Å². The highest BCUT2D eigenvalue weighted by atomic mass is 16.5. The summed E-state index contributed by atoms with van der Waals surface area (Å²) in [6.07, 6.45) is 3.95. The largest absolute Gasteiger partial charge is 0.468 e. The molecule has 1 fully saturated rings. The highest BCUT2D eigenvalue weighted by Crippen LogP contribution is 2.30. The van der Waals surface area contributed by atoms with Crippen LogP contribution in [-0.2, 0) is 9.53 Å². The van der Waals surface area contributed by atoms with Crippen LogP contribution in [0, 0.1) is 11.3 Å². The van der Waals surface area contributed by atoms with Gasteiger partial charge in [-0.1, -0.05) is 48.9 Å². The molecule has 0 N–H and O–H groups in total. The Morgan fingerprint density at radius 1 is 1.19 bits per heavy atom. The molecule has 140 valence electrons. The van der Waals surface area contributed by atoms with Gasteiger partial charge in [-0.15, -0.1) is 0 Å². The number of esters is 1. The van der Waals surface area contributed by atoms with Crippen molar-refractivity contribution >= 4 is 5.97 Å². The number of nitrogens with zero attached hydrogens (tertiary/aromatic N) is 2. The van der Waals surface area contributed by atoms with E-state index in [2.05, 4.69) is 41.3 Å². The molecule has 0 bridgehead atoms. The molecule has 1 aliphatic rings. The zero-order valence-corrected chi connectivity index (χ0v) is 15.8. The number of likely N-dealkylation sites (tertiary alicyclic amines) is 1. The summed E-state index contributed by atoms with van der Waals surface area (Å²) in [7, 11) is 1.47. The van der Waals surface area contributed by atoms with Crippen LogP contribution in [-0.4, -0.2) is 37.1 Å². The molecule has 0 saturated carbocycles. The predicted molar refractivity (Wildman–Crippen MR) is 105 cm³/mol. The van der Waals surface area contributed by atoms with Gasteiger partial charge in [0.1, 0.15) is 6.04 Å². The average Bonchev–Trinajstić information content (AvgIpc) is 2.74. The van der Waals surface area contributed by atoms with Crippen LogP contribution in [0.4, 0.5) is 0 Å². The topological polar surface area (TPSA) is 53.3 Å². The Morgan fingerprint density at radius 3 is 2.70 bits per heavy atom. The maximum absolute atomic E-state index is 12.1. The highest BCUT2D eigenvalue weighted by molar-refractivity contribution is 5.75. The third kappa shape index (κ3) is 4.75. The van der Waals surface area contributed by atoms with Gasteiger partial charge < -0.3 is 4.74 Å². The van der Waals surface area contributed by atoms with Crippen molar-refractivity contribution in [1.29, 1.82) is 5.26 Å². The number of ether oxygens (including phenoxy) is 1. The van der Waals surface area contributed by atoms with E-state index in [0.29, 0.717) is 5.56 Å². The minimum atomic E-state index is -0.134. The summed E-state index contributed by atoms with van der Waals surface area (Å²) in [6.45, 7) is 1.76. The molecule has 3 rings (SSSR count). The van der Waals surface area contributed by atoms with Gasteiger partial charge in [-0.3, -0.25) is 9.69 Å². The normalized spacial score (nSPS) is 18.4. The molecule has 1 aliphatic heterocycles. The molecule has 4 heteroatoms. The van der Waals surface area contributed by atoms with Gasteiger partial charge in [-0.2, -0.15) is 5.26 Å². The SMILES string of the molecule is COC(=O)C1CCCCN1CCC(c1ccccc1)c1cccc(C#N)c1. The molecule has 27 heavy (non-hydrogen) atoms. The predicted octanol–water partition coefficient (Wildman–Crippen LogP) is 4.11. The Labute approximate surface area is 161 Å². The Bertz CT molecular complexity index is 798. The molecule has 2 aromatic carbocycles. The zero-order chi connectivity index (χ0) is 19.1. The van der Waals surface area contributed by atoms with E-state index in [-0.39, 0.29) is 17.9 Å². The Balaban J connectivity index is 1.81. The lowest BCUT2D eigenvalue weighted by Crippen LogP contribution is -2.45. The van der Waals surface area contributed by atoms with Crippen LogP contribution >= 0.6 is 0 Å². The van der Waals surface area contributed by atoms with Gasteiger partial charge >= 0.3 is 5.97 Å². The quantitative estimate of drug-likeness (QED) is 0.726. The minimum Gasteiger partial charge on any atom is -0.468 e. The molecule has 0 aromatic heterocycles. The smallest absolute Gasteiger partial charge is 0.323 e. The summed E-state index contributed by atoms with van der Waals surface area (Å²) < 4.78 is 5.01. The third-order valence-electron chi connectivity index (χ3n) is 5.41. The molecular formula is C23H26N2O2. The van der Waals surface area contributed by atoms with Crippen LogP contribution in [0.15, 0.2) is 54.6 Å². The standard InChI is InChI=1S/C23H26N2O2/c1-27-23(26)22-12-5-6-14-25(22)15-13-21(19-9-3-2-4-10-19)20-11-7-8-18(16-20)17-24/h2-4,7-11,16,21-22H,5-6,12-15H2,1H3. The van der Waals surface area contributed by atoms with Crippen LogP contribution in [0.25, 0.3) is 0 Å². The molecule has 2 aromatic rings. The fourth-order valence-corrected chi connectivity index (χ4v) is 3.99. The number of hydrogen-bond acceptors (Lipinski definition) is 4. The van der Waals surface area contributed by atoms with Crippen LogP contribution in [0.5, 0.6) is 0 Å². The van der Waals surface area contributed by atoms with Crippen molar-refractivity contribution in [2.45, 2.75) is 37.6 Å². The molecule has 0 spiro atoms. The number of carbonyl (C=O) groups excluding carboxylic acids is 1. The van der Waals surface area contributed by atoms with Crippen molar-refractivity contribution in [1.82, 2.24) is 4.90 Å². The number of benzene rings is 2. The highest BCUT2D eigenvalue weighted by Gasteiger charge is 2.30. The Kier molecular flexibility index (Phi) is 6.62. The van der Waals surface area contributed by atoms with E-state index in [0.717, 1.165) is 44.3 Å². The van der Waals surface area contributed by atoms with E-state index in [1.54, 1.807) is 0 Å². The summed E-state index contributed by atoms with van der Waals surface area (Å²) in [4.78, 5) is 14.4.